The van der Waals surface area contributed by atoms with Crippen molar-refractivity contribution < 1.29 is 8.81 Å². The van der Waals surface area contributed by atoms with E-state index in [0.29, 0.717) is 18.5 Å². The number of benzene rings is 1. The first-order chi connectivity index (χ1) is 9.83. The third kappa shape index (κ3) is 4.82. The molecule has 0 aliphatic heterocycles. The van der Waals surface area contributed by atoms with Crippen LogP contribution in [-0.4, -0.2) is 15.7 Å². The number of aromatic nitrogens is 2. The van der Waals surface area contributed by atoms with Crippen molar-refractivity contribution in [2.45, 2.75) is 45.8 Å². The van der Waals surface area contributed by atoms with Gasteiger partial charge in [0.25, 0.3) is 0 Å². The van der Waals surface area contributed by atoms with Crippen molar-refractivity contribution in [2.75, 3.05) is 5.32 Å². The number of hydrogen-bond acceptors (Lipinski definition) is 5. The van der Waals surface area contributed by atoms with E-state index < -0.39 is 0 Å². The second kappa shape index (κ2) is 6.22. The van der Waals surface area contributed by atoms with Crippen molar-refractivity contribution in [3.63, 3.8) is 0 Å². The van der Waals surface area contributed by atoms with Crippen LogP contribution >= 0.6 is 0 Å². The van der Waals surface area contributed by atoms with Crippen molar-refractivity contribution in [3.8, 4) is 0 Å². The van der Waals surface area contributed by atoms with Crippen LogP contribution in [0.5, 0.6) is 0 Å². The Kier molecular flexibility index (Phi) is 4.57. The number of anilines is 1. The summed E-state index contributed by atoms with van der Waals surface area (Å²) in [5.74, 6) is 0.251. The Morgan fingerprint density at radius 2 is 2.05 bits per heavy atom. The van der Waals surface area contributed by atoms with Crippen molar-refractivity contribution in [2.24, 2.45) is 0 Å². The second-order valence-corrected chi connectivity index (χ2v) is 6.03. The fourth-order valence-electron chi connectivity index (χ4n) is 1.77. The van der Waals surface area contributed by atoms with Gasteiger partial charge in [-0.3, -0.25) is 0 Å². The van der Waals surface area contributed by atoms with E-state index >= 15 is 0 Å². The molecule has 1 aromatic carbocycles. The molecule has 21 heavy (non-hydrogen) atoms. The average Bonchev–Trinajstić information content (AvgIpc) is 2.83. The molecule has 0 bridgehead atoms. The summed E-state index contributed by atoms with van der Waals surface area (Å²) in [6, 6.07) is 6.63. The molecule has 2 N–H and O–H groups in total. The van der Waals surface area contributed by atoms with E-state index in [1.54, 1.807) is 6.07 Å². The Morgan fingerprint density at radius 1 is 1.29 bits per heavy atom. The van der Waals surface area contributed by atoms with Crippen LogP contribution in [0.4, 0.5) is 10.4 Å². The molecule has 0 aliphatic carbocycles. The Labute approximate surface area is 124 Å². The molecule has 0 aliphatic rings. The third-order valence-corrected chi connectivity index (χ3v) is 2.93. The van der Waals surface area contributed by atoms with Crippen LogP contribution in [0, 0.1) is 5.82 Å². The van der Waals surface area contributed by atoms with Gasteiger partial charge in [0.2, 0.25) is 5.89 Å². The highest BCUT2D eigenvalue weighted by Gasteiger charge is 2.14. The molecule has 0 amide bonds. The van der Waals surface area contributed by atoms with Crippen molar-refractivity contribution in [1.29, 1.82) is 0 Å². The zero-order valence-corrected chi connectivity index (χ0v) is 12.8. The predicted octanol–water partition coefficient (Wildman–Crippen LogP) is 3.27. The van der Waals surface area contributed by atoms with E-state index in [4.69, 9.17) is 4.42 Å². The van der Waals surface area contributed by atoms with Gasteiger partial charge >= 0.3 is 6.01 Å². The van der Waals surface area contributed by atoms with Crippen LogP contribution in [-0.2, 0) is 6.54 Å². The Balaban J connectivity index is 1.96. The van der Waals surface area contributed by atoms with Crippen LogP contribution in [0.1, 0.15) is 45.2 Å². The number of nitrogens with one attached hydrogen (secondary N) is 2. The normalized spacial score (nSPS) is 13.2. The van der Waals surface area contributed by atoms with Gasteiger partial charge in [-0.25, -0.2) is 4.39 Å². The minimum absolute atomic E-state index is 0.0169. The molecule has 0 saturated heterocycles. The zero-order chi connectivity index (χ0) is 15.5. The lowest BCUT2D eigenvalue weighted by molar-refractivity contribution is 0.383. The number of nitrogens with zero attached hydrogens (tertiary/aromatic N) is 2. The molecule has 1 aromatic heterocycles. The fourth-order valence-corrected chi connectivity index (χ4v) is 1.77. The van der Waals surface area contributed by atoms with Crippen LogP contribution in [0.25, 0.3) is 0 Å². The molecule has 2 aromatic rings. The maximum atomic E-state index is 13.2. The minimum Gasteiger partial charge on any atom is -0.407 e. The highest BCUT2D eigenvalue weighted by Crippen LogP contribution is 2.19. The molecule has 1 heterocycles. The largest absolute Gasteiger partial charge is 0.407 e. The summed E-state index contributed by atoms with van der Waals surface area (Å²) in [6.07, 6.45) is 0. The summed E-state index contributed by atoms with van der Waals surface area (Å²) in [5.41, 5.74) is 0.805. The first-order valence-electron chi connectivity index (χ1n) is 6.93. The van der Waals surface area contributed by atoms with E-state index in [2.05, 4.69) is 41.6 Å². The topological polar surface area (TPSA) is 63.0 Å². The van der Waals surface area contributed by atoms with Crippen molar-refractivity contribution >= 4 is 6.01 Å². The summed E-state index contributed by atoms with van der Waals surface area (Å²) in [6.45, 7) is 8.61. The molecule has 1 unspecified atom stereocenters. The highest BCUT2D eigenvalue weighted by atomic mass is 19.1. The summed E-state index contributed by atoms with van der Waals surface area (Å²) < 4.78 is 18.7. The number of rotatable bonds is 5. The molecule has 2 rings (SSSR count). The SMILES string of the molecule is CC(Nc1nnc(CNC(C)(C)C)o1)c1cccc(F)c1. The highest BCUT2D eigenvalue weighted by molar-refractivity contribution is 5.28. The molecule has 0 saturated carbocycles. The van der Waals surface area contributed by atoms with Gasteiger partial charge in [-0.1, -0.05) is 17.2 Å². The number of halogens is 1. The lowest BCUT2D eigenvalue weighted by atomic mass is 10.1. The molecular formula is C15H21FN4O. The van der Waals surface area contributed by atoms with Crippen molar-refractivity contribution in [3.05, 3.63) is 41.5 Å². The van der Waals surface area contributed by atoms with Gasteiger partial charge in [0.05, 0.1) is 12.6 Å². The molecule has 0 spiro atoms. The van der Waals surface area contributed by atoms with Gasteiger partial charge < -0.3 is 15.1 Å². The van der Waals surface area contributed by atoms with Gasteiger partial charge in [0.15, 0.2) is 0 Å². The van der Waals surface area contributed by atoms with Crippen molar-refractivity contribution in [1.82, 2.24) is 15.5 Å². The smallest absolute Gasteiger partial charge is 0.315 e. The van der Waals surface area contributed by atoms with E-state index in [1.165, 1.54) is 12.1 Å². The van der Waals surface area contributed by atoms with Crippen LogP contribution < -0.4 is 10.6 Å². The third-order valence-electron chi connectivity index (χ3n) is 2.93. The van der Waals surface area contributed by atoms with E-state index in [0.717, 1.165) is 5.56 Å². The number of hydrogen-bond donors (Lipinski definition) is 2. The lowest BCUT2D eigenvalue weighted by Crippen LogP contribution is -2.35. The van der Waals surface area contributed by atoms with Gasteiger partial charge in [-0.05, 0) is 45.4 Å². The van der Waals surface area contributed by atoms with Gasteiger partial charge in [-0.2, -0.15) is 0 Å². The maximum Gasteiger partial charge on any atom is 0.315 e. The zero-order valence-electron chi connectivity index (χ0n) is 12.8. The summed E-state index contributed by atoms with van der Waals surface area (Å²) in [7, 11) is 0. The fraction of sp³-hybridized carbons (Fsp3) is 0.467. The minimum atomic E-state index is -0.262. The lowest BCUT2D eigenvalue weighted by Gasteiger charge is -2.18. The van der Waals surface area contributed by atoms with E-state index in [-0.39, 0.29) is 17.4 Å². The Morgan fingerprint density at radius 3 is 2.71 bits per heavy atom. The maximum absolute atomic E-state index is 13.2. The standard InChI is InChI=1S/C15H21FN4O/c1-10(11-6-5-7-12(16)8-11)18-14-20-19-13(21-14)9-17-15(2,3)4/h5-8,10,17H,9H2,1-4H3,(H,18,20). The average molecular weight is 292 g/mol. The van der Waals surface area contributed by atoms with E-state index in [1.807, 2.05) is 13.0 Å². The van der Waals surface area contributed by atoms with Crippen LogP contribution in [0.3, 0.4) is 0 Å². The molecule has 5 nitrogen and oxygen atoms in total. The van der Waals surface area contributed by atoms with E-state index in [9.17, 15) is 4.39 Å². The molecule has 0 fully saturated rings. The monoisotopic (exact) mass is 292 g/mol. The van der Waals surface area contributed by atoms with Gasteiger partial charge in [0, 0.05) is 5.54 Å². The first-order valence-corrected chi connectivity index (χ1v) is 6.93. The molecule has 6 heteroatoms. The van der Waals surface area contributed by atoms with Crippen LogP contribution in [0.15, 0.2) is 28.7 Å². The summed E-state index contributed by atoms with van der Waals surface area (Å²) >= 11 is 0. The van der Waals surface area contributed by atoms with Gasteiger partial charge in [-0.15, -0.1) is 5.10 Å². The first kappa shape index (κ1) is 15.4. The molecule has 1 atom stereocenters. The predicted molar refractivity (Wildman–Crippen MR) is 79.3 cm³/mol. The molecule has 0 radical (unpaired) electrons. The van der Waals surface area contributed by atoms with Gasteiger partial charge in [0.1, 0.15) is 5.82 Å². The molecular weight excluding hydrogens is 271 g/mol. The Bertz CT molecular complexity index is 591. The molecule has 114 valence electrons. The Hall–Kier alpha value is -1.95. The van der Waals surface area contributed by atoms with Crippen LogP contribution in [0.2, 0.25) is 0 Å². The quantitative estimate of drug-likeness (QED) is 0.885. The second-order valence-electron chi connectivity index (χ2n) is 6.03. The summed E-state index contributed by atoms with van der Waals surface area (Å²) in [5, 5.41) is 14.2. The summed E-state index contributed by atoms with van der Waals surface area (Å²) in [4.78, 5) is 0.